The van der Waals surface area contributed by atoms with Crippen molar-refractivity contribution in [1.29, 1.82) is 0 Å². The molecule has 1 N–H and O–H groups in total. The van der Waals surface area contributed by atoms with E-state index in [1.165, 1.54) is 25.3 Å². The van der Waals surface area contributed by atoms with Crippen molar-refractivity contribution in [3.8, 4) is 5.75 Å². The van der Waals surface area contributed by atoms with E-state index in [0.29, 0.717) is 36.3 Å². The van der Waals surface area contributed by atoms with Crippen LogP contribution in [0.4, 0.5) is 9.18 Å². The highest BCUT2D eigenvalue weighted by molar-refractivity contribution is 5.97. The fourth-order valence-corrected chi connectivity index (χ4v) is 5.29. The highest BCUT2D eigenvalue weighted by Gasteiger charge is 2.62. The molecule has 40 heavy (non-hydrogen) atoms. The first kappa shape index (κ1) is 29.3. The van der Waals surface area contributed by atoms with Crippen molar-refractivity contribution in [2.45, 2.75) is 71.2 Å². The van der Waals surface area contributed by atoms with Crippen LogP contribution in [-0.2, 0) is 9.47 Å². The molecule has 3 atom stereocenters. The molecule has 1 saturated heterocycles. The van der Waals surface area contributed by atoms with E-state index < -0.39 is 29.2 Å². The summed E-state index contributed by atoms with van der Waals surface area (Å²) in [5.41, 5.74) is 0.378. The molecule has 2 aromatic carbocycles. The Hall–Kier alpha value is -3.66. The Morgan fingerprint density at radius 2 is 1.80 bits per heavy atom. The summed E-state index contributed by atoms with van der Waals surface area (Å²) < 4.78 is 31.6. The zero-order valence-electron chi connectivity index (χ0n) is 24.0. The van der Waals surface area contributed by atoms with Gasteiger partial charge in [0, 0.05) is 25.7 Å². The maximum absolute atomic E-state index is 14.7. The first-order valence-electron chi connectivity index (χ1n) is 13.3. The zero-order valence-corrected chi connectivity index (χ0v) is 24.0. The molecule has 1 aliphatic carbocycles. The van der Waals surface area contributed by atoms with Gasteiger partial charge in [-0.1, -0.05) is 12.1 Å². The Labute approximate surface area is 233 Å². The number of aromatic carboxylic acids is 1. The predicted molar refractivity (Wildman–Crippen MR) is 145 cm³/mol. The number of hydrogen-bond acceptors (Lipinski definition) is 7. The summed E-state index contributed by atoms with van der Waals surface area (Å²) in [5.74, 6) is -2.16. The molecule has 0 radical (unpaired) electrons. The minimum absolute atomic E-state index is 0.0333. The fraction of sp³-hybridized carbons (Fsp3) is 0.500. The average Bonchev–Trinajstić information content (AvgIpc) is 3.56. The van der Waals surface area contributed by atoms with E-state index in [9.17, 15) is 23.9 Å². The molecule has 9 nitrogen and oxygen atoms in total. The molecule has 1 amide bonds. The largest absolute Gasteiger partial charge is 0.483 e. The van der Waals surface area contributed by atoms with Gasteiger partial charge in [0.15, 0.2) is 0 Å². The van der Waals surface area contributed by atoms with Crippen LogP contribution in [0.15, 0.2) is 30.3 Å². The van der Waals surface area contributed by atoms with Crippen LogP contribution in [0, 0.1) is 19.7 Å². The molecule has 0 spiro atoms. The second-order valence-corrected chi connectivity index (χ2v) is 11.8. The molecule has 2 aromatic rings. The van der Waals surface area contributed by atoms with Gasteiger partial charge in [0.1, 0.15) is 28.8 Å². The SMILES string of the molecule is COC(=O)c1cc(C(=O)O)c(C)cc1O[C@H](CN1CCN(C(=O)OC(C)(C)C)[C@]2(C)CC12)c1ccc(C)c(F)c1. The van der Waals surface area contributed by atoms with Crippen LogP contribution in [-0.4, -0.2) is 76.9 Å². The van der Waals surface area contributed by atoms with Crippen LogP contribution in [0.25, 0.3) is 0 Å². The van der Waals surface area contributed by atoms with Gasteiger partial charge in [-0.25, -0.2) is 18.8 Å². The third-order valence-corrected chi connectivity index (χ3v) is 7.65. The number of carbonyl (C=O) groups is 3. The quantitative estimate of drug-likeness (QED) is 0.468. The molecule has 10 heteroatoms. The lowest BCUT2D eigenvalue weighted by Gasteiger charge is -2.41. The number of carbonyl (C=O) groups excluding carboxylic acids is 2. The Bertz CT molecular complexity index is 1340. The van der Waals surface area contributed by atoms with Crippen molar-refractivity contribution in [2.24, 2.45) is 0 Å². The molecule has 0 bridgehead atoms. The van der Waals surface area contributed by atoms with E-state index in [2.05, 4.69) is 4.90 Å². The van der Waals surface area contributed by atoms with E-state index in [0.717, 1.165) is 6.42 Å². The average molecular weight is 557 g/mol. The Kier molecular flexibility index (Phi) is 7.86. The van der Waals surface area contributed by atoms with Gasteiger partial charge < -0.3 is 19.3 Å². The standard InChI is InChI=1S/C30H37FN2O7/c1-17-8-9-19(13-22(17)31)24(39-23-12-18(2)20(26(34)35)14-21(23)27(36)38-7)16-32-10-11-33(30(6)15-25(30)32)28(37)40-29(3,4)5/h8-9,12-14,24-25H,10-11,15-16H2,1-7H3,(H,34,35)/t24-,25?,30-/m1/s1. The van der Waals surface area contributed by atoms with Gasteiger partial charge in [-0.3, -0.25) is 9.80 Å². The molecule has 1 unspecified atom stereocenters. The molecule has 2 fully saturated rings. The van der Waals surface area contributed by atoms with Crippen LogP contribution >= 0.6 is 0 Å². The minimum atomic E-state index is -1.18. The molecule has 1 heterocycles. The van der Waals surface area contributed by atoms with Gasteiger partial charge >= 0.3 is 18.0 Å². The van der Waals surface area contributed by atoms with Crippen LogP contribution in [0.2, 0.25) is 0 Å². The van der Waals surface area contributed by atoms with Crippen LogP contribution < -0.4 is 4.74 Å². The number of rotatable bonds is 7. The van der Waals surface area contributed by atoms with Crippen LogP contribution in [0.5, 0.6) is 5.75 Å². The van der Waals surface area contributed by atoms with Crippen molar-refractivity contribution in [1.82, 2.24) is 9.80 Å². The van der Waals surface area contributed by atoms with E-state index >= 15 is 0 Å². The lowest BCUT2D eigenvalue weighted by molar-refractivity contribution is -0.00487. The normalized spacial score (nSPS) is 21.3. The highest BCUT2D eigenvalue weighted by Crippen LogP contribution is 2.49. The summed E-state index contributed by atoms with van der Waals surface area (Å²) in [6.45, 7) is 12.2. The maximum atomic E-state index is 14.7. The monoisotopic (exact) mass is 556 g/mol. The summed E-state index contributed by atoms with van der Waals surface area (Å²) in [6, 6.07) is 7.65. The fourth-order valence-electron chi connectivity index (χ4n) is 5.29. The number of hydrogen-bond donors (Lipinski definition) is 1. The number of esters is 1. The number of fused-ring (bicyclic) bond motifs is 1. The number of methoxy groups -OCH3 is 1. The van der Waals surface area contributed by atoms with Crippen LogP contribution in [0.3, 0.4) is 0 Å². The highest BCUT2D eigenvalue weighted by atomic mass is 19.1. The van der Waals surface area contributed by atoms with E-state index in [1.54, 1.807) is 30.9 Å². The van der Waals surface area contributed by atoms with Crippen molar-refractivity contribution in [2.75, 3.05) is 26.7 Å². The molecular weight excluding hydrogens is 519 g/mol. The van der Waals surface area contributed by atoms with Gasteiger partial charge in [0.2, 0.25) is 0 Å². The zero-order chi connectivity index (χ0) is 29.6. The summed E-state index contributed by atoms with van der Waals surface area (Å²) in [6.07, 6.45) is -0.296. The number of carboxylic acids is 1. The minimum Gasteiger partial charge on any atom is -0.483 e. The number of nitrogens with zero attached hydrogens (tertiary/aromatic N) is 2. The predicted octanol–water partition coefficient (Wildman–Crippen LogP) is 5.13. The number of halogens is 1. The first-order chi connectivity index (χ1) is 18.6. The Morgan fingerprint density at radius 3 is 2.40 bits per heavy atom. The summed E-state index contributed by atoms with van der Waals surface area (Å²) in [4.78, 5) is 41.2. The van der Waals surface area contributed by atoms with Gasteiger partial charge in [0.05, 0.1) is 18.2 Å². The van der Waals surface area contributed by atoms with E-state index in [-0.39, 0.29) is 34.8 Å². The molecular formula is C30H37FN2O7. The molecule has 1 saturated carbocycles. The number of aryl methyl sites for hydroxylation is 2. The summed E-state index contributed by atoms with van der Waals surface area (Å²) in [7, 11) is 1.21. The number of carboxylic acid groups (broad SMARTS) is 1. The Morgan fingerprint density at radius 1 is 1.10 bits per heavy atom. The van der Waals surface area contributed by atoms with Gasteiger partial charge in [-0.15, -0.1) is 0 Å². The molecule has 0 aromatic heterocycles. The topological polar surface area (TPSA) is 106 Å². The number of amides is 1. The van der Waals surface area contributed by atoms with Crippen molar-refractivity contribution < 1.29 is 38.1 Å². The number of piperazine rings is 1. The third kappa shape index (κ3) is 5.91. The smallest absolute Gasteiger partial charge is 0.410 e. The number of benzene rings is 2. The van der Waals surface area contributed by atoms with E-state index in [4.69, 9.17) is 14.2 Å². The molecule has 2 aliphatic rings. The third-order valence-electron chi connectivity index (χ3n) is 7.65. The second kappa shape index (κ2) is 10.7. The summed E-state index contributed by atoms with van der Waals surface area (Å²) in [5, 5.41) is 9.57. The van der Waals surface area contributed by atoms with Crippen molar-refractivity contribution >= 4 is 18.0 Å². The van der Waals surface area contributed by atoms with Gasteiger partial charge in [-0.2, -0.15) is 0 Å². The molecule has 4 rings (SSSR count). The Balaban J connectivity index is 1.65. The molecule has 1 aliphatic heterocycles. The second-order valence-electron chi connectivity index (χ2n) is 11.8. The van der Waals surface area contributed by atoms with Crippen LogP contribution in [0.1, 0.15) is 77.6 Å². The van der Waals surface area contributed by atoms with Crippen molar-refractivity contribution in [3.63, 3.8) is 0 Å². The van der Waals surface area contributed by atoms with Gasteiger partial charge in [-0.05, 0) is 82.9 Å². The maximum Gasteiger partial charge on any atom is 0.410 e. The number of ether oxygens (including phenoxy) is 3. The van der Waals surface area contributed by atoms with E-state index in [1.807, 2.05) is 27.7 Å². The van der Waals surface area contributed by atoms with Gasteiger partial charge in [0.25, 0.3) is 0 Å². The molecule has 216 valence electrons. The first-order valence-corrected chi connectivity index (χ1v) is 13.3. The summed E-state index contributed by atoms with van der Waals surface area (Å²) >= 11 is 0. The lowest BCUT2D eigenvalue weighted by Crippen LogP contribution is -2.55. The lowest BCUT2D eigenvalue weighted by atomic mass is 10.0. The van der Waals surface area contributed by atoms with Crippen molar-refractivity contribution in [3.05, 3.63) is 64.0 Å².